The second kappa shape index (κ2) is 4.73. The zero-order valence-corrected chi connectivity index (χ0v) is 8.94. The Hall–Kier alpha value is -0.640. The largest absolute Gasteiger partial charge is 0.380 e. The van der Waals surface area contributed by atoms with E-state index in [-0.39, 0.29) is 18.5 Å². The minimum Gasteiger partial charge on any atom is -0.380 e. The lowest BCUT2D eigenvalue weighted by Gasteiger charge is -2.11. The number of nitrogens with two attached hydrogens (primary N) is 1. The molecule has 2 N–H and O–H groups in total. The summed E-state index contributed by atoms with van der Waals surface area (Å²) < 4.78 is 18.5. The molecule has 0 radical (unpaired) electrons. The van der Waals surface area contributed by atoms with Crippen LogP contribution in [0.15, 0.2) is 12.1 Å². The zero-order chi connectivity index (χ0) is 10.7. The van der Waals surface area contributed by atoms with E-state index in [9.17, 15) is 4.39 Å². The predicted molar refractivity (Wildman–Crippen MR) is 54.7 cm³/mol. The van der Waals surface area contributed by atoms with E-state index in [0.717, 1.165) is 0 Å². The van der Waals surface area contributed by atoms with Crippen LogP contribution in [0.3, 0.4) is 0 Å². The molecular formula is C10H13ClFNO. The summed E-state index contributed by atoms with van der Waals surface area (Å²) in [5, 5.41) is 0.478. The molecule has 0 aromatic heterocycles. The van der Waals surface area contributed by atoms with Gasteiger partial charge in [-0.25, -0.2) is 4.39 Å². The van der Waals surface area contributed by atoms with Gasteiger partial charge in [0.05, 0.1) is 6.61 Å². The van der Waals surface area contributed by atoms with Gasteiger partial charge < -0.3 is 10.5 Å². The first kappa shape index (κ1) is 11.4. The van der Waals surface area contributed by atoms with Gasteiger partial charge in [-0.2, -0.15) is 0 Å². The molecule has 14 heavy (non-hydrogen) atoms. The number of hydrogen-bond acceptors (Lipinski definition) is 2. The van der Waals surface area contributed by atoms with Crippen LogP contribution < -0.4 is 5.73 Å². The lowest BCUT2D eigenvalue weighted by atomic mass is 10.0. The highest BCUT2D eigenvalue weighted by Crippen LogP contribution is 2.24. The Balaban J connectivity index is 3.18. The molecule has 0 amide bonds. The van der Waals surface area contributed by atoms with Crippen LogP contribution in [-0.2, 0) is 11.3 Å². The van der Waals surface area contributed by atoms with Crippen LogP contribution in [0.1, 0.15) is 24.1 Å². The van der Waals surface area contributed by atoms with Gasteiger partial charge in [0.25, 0.3) is 0 Å². The molecule has 78 valence electrons. The number of benzene rings is 1. The highest BCUT2D eigenvalue weighted by atomic mass is 35.5. The molecule has 0 fully saturated rings. The summed E-state index contributed by atoms with van der Waals surface area (Å²) in [5.74, 6) is -0.328. The van der Waals surface area contributed by atoms with Crippen molar-refractivity contribution >= 4 is 11.6 Å². The quantitative estimate of drug-likeness (QED) is 0.845. The van der Waals surface area contributed by atoms with Crippen LogP contribution in [0, 0.1) is 5.82 Å². The van der Waals surface area contributed by atoms with Gasteiger partial charge in [-0.1, -0.05) is 11.6 Å². The summed E-state index contributed by atoms with van der Waals surface area (Å²) >= 11 is 5.82. The van der Waals surface area contributed by atoms with Crippen LogP contribution in [-0.4, -0.2) is 7.11 Å². The molecule has 1 atom stereocenters. The van der Waals surface area contributed by atoms with Crippen molar-refractivity contribution in [3.05, 3.63) is 34.1 Å². The second-order valence-corrected chi connectivity index (χ2v) is 3.63. The maximum absolute atomic E-state index is 13.7. The summed E-state index contributed by atoms with van der Waals surface area (Å²) in [6, 6.07) is 2.72. The molecule has 4 heteroatoms. The van der Waals surface area contributed by atoms with Gasteiger partial charge in [0, 0.05) is 29.3 Å². The van der Waals surface area contributed by atoms with Crippen molar-refractivity contribution < 1.29 is 9.13 Å². The van der Waals surface area contributed by atoms with Gasteiger partial charge in [0.1, 0.15) is 5.82 Å². The second-order valence-electron chi connectivity index (χ2n) is 3.19. The molecule has 0 saturated heterocycles. The van der Waals surface area contributed by atoms with E-state index >= 15 is 0 Å². The van der Waals surface area contributed by atoms with Crippen molar-refractivity contribution in [2.24, 2.45) is 5.73 Å². The van der Waals surface area contributed by atoms with E-state index < -0.39 is 0 Å². The van der Waals surface area contributed by atoms with Gasteiger partial charge >= 0.3 is 0 Å². The van der Waals surface area contributed by atoms with Crippen molar-refractivity contribution in [3.63, 3.8) is 0 Å². The normalized spacial score (nSPS) is 12.9. The molecule has 2 nitrogen and oxygen atoms in total. The third-order valence-electron chi connectivity index (χ3n) is 1.93. The SMILES string of the molecule is COCc1cc(Cl)cc(C(C)N)c1F. The van der Waals surface area contributed by atoms with Crippen molar-refractivity contribution in [1.82, 2.24) is 0 Å². The number of ether oxygens (including phenoxy) is 1. The Bertz CT molecular complexity index is 328. The van der Waals surface area contributed by atoms with Crippen molar-refractivity contribution in [2.45, 2.75) is 19.6 Å². The zero-order valence-electron chi connectivity index (χ0n) is 8.18. The molecule has 0 bridgehead atoms. The predicted octanol–water partition coefficient (Wildman–Crippen LogP) is 2.65. The molecule has 0 aliphatic rings. The maximum Gasteiger partial charge on any atom is 0.133 e. The fourth-order valence-corrected chi connectivity index (χ4v) is 1.51. The Morgan fingerprint density at radius 1 is 1.57 bits per heavy atom. The van der Waals surface area contributed by atoms with Crippen LogP contribution in [0.4, 0.5) is 4.39 Å². The lowest BCUT2D eigenvalue weighted by molar-refractivity contribution is 0.181. The number of methoxy groups -OCH3 is 1. The molecule has 0 saturated carbocycles. The Morgan fingerprint density at radius 3 is 2.71 bits per heavy atom. The standard InChI is InChI=1S/C10H13ClFNO/c1-6(13)9-4-8(11)3-7(5-14-2)10(9)12/h3-4,6H,5,13H2,1-2H3. The minimum absolute atomic E-state index is 0.201. The Kier molecular flexibility index (Phi) is 3.86. The number of hydrogen-bond donors (Lipinski definition) is 1. The van der Waals surface area contributed by atoms with Crippen molar-refractivity contribution in [3.8, 4) is 0 Å². The summed E-state index contributed by atoms with van der Waals surface area (Å²) in [5.41, 5.74) is 6.47. The van der Waals surface area contributed by atoms with Gasteiger partial charge in [-0.15, -0.1) is 0 Å². The average molecular weight is 218 g/mol. The fourth-order valence-electron chi connectivity index (χ4n) is 1.26. The van der Waals surface area contributed by atoms with Crippen LogP contribution in [0.2, 0.25) is 5.02 Å². The molecule has 1 aromatic carbocycles. The number of rotatable bonds is 3. The van der Waals surface area contributed by atoms with Crippen LogP contribution >= 0.6 is 11.6 Å². The van der Waals surface area contributed by atoms with Crippen molar-refractivity contribution in [1.29, 1.82) is 0 Å². The molecule has 0 aliphatic carbocycles. The fraction of sp³-hybridized carbons (Fsp3) is 0.400. The summed E-state index contributed by atoms with van der Waals surface area (Å²) in [6.45, 7) is 1.91. The van der Waals surface area contributed by atoms with Crippen LogP contribution in [0.5, 0.6) is 0 Å². The molecule has 0 heterocycles. The van der Waals surface area contributed by atoms with E-state index in [0.29, 0.717) is 16.1 Å². The van der Waals surface area contributed by atoms with E-state index in [2.05, 4.69) is 0 Å². The first-order valence-electron chi connectivity index (χ1n) is 4.28. The molecule has 1 unspecified atom stereocenters. The highest BCUT2D eigenvalue weighted by molar-refractivity contribution is 6.30. The summed E-state index contributed by atoms with van der Waals surface area (Å²) in [4.78, 5) is 0. The third kappa shape index (κ3) is 2.44. The smallest absolute Gasteiger partial charge is 0.133 e. The first-order valence-corrected chi connectivity index (χ1v) is 4.66. The van der Waals surface area contributed by atoms with E-state index in [1.807, 2.05) is 0 Å². The van der Waals surface area contributed by atoms with Crippen LogP contribution in [0.25, 0.3) is 0 Å². The third-order valence-corrected chi connectivity index (χ3v) is 2.15. The molecule has 1 rings (SSSR count). The van der Waals surface area contributed by atoms with Gasteiger partial charge in [0.15, 0.2) is 0 Å². The van der Waals surface area contributed by atoms with Gasteiger partial charge in [-0.05, 0) is 19.1 Å². The van der Waals surface area contributed by atoms with Gasteiger partial charge in [0.2, 0.25) is 0 Å². The molecule has 1 aromatic rings. The first-order chi connectivity index (χ1) is 6.56. The topological polar surface area (TPSA) is 35.2 Å². The maximum atomic E-state index is 13.7. The highest BCUT2D eigenvalue weighted by Gasteiger charge is 2.12. The average Bonchev–Trinajstić information content (AvgIpc) is 2.10. The Labute approximate surface area is 87.8 Å². The van der Waals surface area contributed by atoms with E-state index in [1.54, 1.807) is 19.1 Å². The Morgan fingerprint density at radius 2 is 2.21 bits per heavy atom. The molecular weight excluding hydrogens is 205 g/mol. The minimum atomic E-state index is -0.371. The van der Waals surface area contributed by atoms with Crippen molar-refractivity contribution in [2.75, 3.05) is 7.11 Å². The molecule has 0 aliphatic heterocycles. The summed E-state index contributed by atoms with van der Waals surface area (Å²) in [7, 11) is 1.51. The lowest BCUT2D eigenvalue weighted by Crippen LogP contribution is -2.09. The van der Waals surface area contributed by atoms with E-state index in [1.165, 1.54) is 7.11 Å². The van der Waals surface area contributed by atoms with E-state index in [4.69, 9.17) is 22.1 Å². The number of halogens is 2. The van der Waals surface area contributed by atoms with Gasteiger partial charge in [-0.3, -0.25) is 0 Å². The monoisotopic (exact) mass is 217 g/mol. The molecule has 0 spiro atoms. The summed E-state index contributed by atoms with van der Waals surface area (Å²) in [6.07, 6.45) is 0.